The molecule has 48 heavy (non-hydrogen) atoms. The molecule has 2 aromatic heterocycles. The maximum Gasteiger partial charge on any atom is 0.416 e. The van der Waals surface area contributed by atoms with E-state index >= 15 is 0 Å². The summed E-state index contributed by atoms with van der Waals surface area (Å²) in [5.74, 6) is 0.154. The number of nitrogens with one attached hydrogen (secondary N) is 3. The van der Waals surface area contributed by atoms with Gasteiger partial charge in [-0.15, -0.1) is 0 Å². The summed E-state index contributed by atoms with van der Waals surface area (Å²) >= 11 is 0. The molecular weight excluding hydrogens is 644 g/mol. The van der Waals surface area contributed by atoms with Gasteiger partial charge in [0.25, 0.3) is 0 Å². The van der Waals surface area contributed by atoms with E-state index in [-0.39, 0.29) is 29.8 Å². The Labute approximate surface area is 267 Å². The van der Waals surface area contributed by atoms with Crippen LogP contribution in [0.15, 0.2) is 79.1 Å². The van der Waals surface area contributed by atoms with E-state index in [1.165, 1.54) is 35.5 Å². The summed E-state index contributed by atoms with van der Waals surface area (Å²) in [5, 5.41) is 12.7. The molecule has 4 amide bonds. The van der Waals surface area contributed by atoms with E-state index < -0.39 is 35.5 Å². The highest BCUT2D eigenvalue weighted by Crippen LogP contribution is 2.35. The van der Waals surface area contributed by atoms with Crippen molar-refractivity contribution in [2.75, 3.05) is 34.8 Å². The Morgan fingerprint density at radius 1 is 0.792 bits per heavy atom. The highest BCUT2D eigenvalue weighted by Gasteiger charge is 2.33. The Morgan fingerprint density at radius 3 is 2.02 bits per heavy atom. The predicted molar refractivity (Wildman–Crippen MR) is 165 cm³/mol. The summed E-state index contributed by atoms with van der Waals surface area (Å²) in [5.41, 5.74) is 6.18. The highest BCUT2D eigenvalue weighted by atomic mass is 19.4. The number of amides is 4. The molecule has 17 heteroatoms. The zero-order valence-electron chi connectivity index (χ0n) is 24.6. The lowest BCUT2D eigenvalue weighted by Gasteiger charge is -2.18. The summed E-state index contributed by atoms with van der Waals surface area (Å²) in [6.07, 6.45) is -7.36. The van der Waals surface area contributed by atoms with Crippen LogP contribution in [0.3, 0.4) is 0 Å². The van der Waals surface area contributed by atoms with Gasteiger partial charge in [-0.3, -0.25) is 0 Å². The van der Waals surface area contributed by atoms with Crippen molar-refractivity contribution in [2.24, 2.45) is 0 Å². The first-order valence-electron chi connectivity index (χ1n) is 14.3. The summed E-state index contributed by atoms with van der Waals surface area (Å²) in [6.45, 7) is 0.490. The van der Waals surface area contributed by atoms with E-state index in [4.69, 9.17) is 10.8 Å². The molecule has 0 radical (unpaired) electrons. The number of anilines is 4. The van der Waals surface area contributed by atoms with Crippen LogP contribution in [0.5, 0.6) is 0 Å². The van der Waals surface area contributed by atoms with Gasteiger partial charge in [0, 0.05) is 35.7 Å². The van der Waals surface area contributed by atoms with E-state index in [9.17, 15) is 35.9 Å². The largest absolute Gasteiger partial charge is 0.416 e. The van der Waals surface area contributed by atoms with Crippen molar-refractivity contribution in [3.8, 4) is 11.3 Å². The third-order valence-electron chi connectivity index (χ3n) is 7.62. The van der Waals surface area contributed by atoms with Crippen LogP contribution in [-0.2, 0) is 12.4 Å². The molecule has 1 aliphatic rings. The molecule has 1 fully saturated rings. The van der Waals surface area contributed by atoms with Crippen molar-refractivity contribution < 1.29 is 35.9 Å². The Balaban J connectivity index is 1.17. The monoisotopic (exact) mass is 669 g/mol. The SMILES string of the molecule is Nc1ncnc2c1c(-c1ccc(NC(=O)Nc3cccc(C(F)(F)F)c3)cc1)nn2C1CCN(C(=O)Nc2cccc(C(F)(F)F)c2)C1. The van der Waals surface area contributed by atoms with Crippen molar-refractivity contribution in [2.45, 2.75) is 24.8 Å². The number of carbonyl (C=O) groups is 2. The van der Waals surface area contributed by atoms with Crippen LogP contribution in [0.2, 0.25) is 0 Å². The number of halogens is 6. The van der Waals surface area contributed by atoms with E-state index in [0.29, 0.717) is 40.9 Å². The number of carbonyl (C=O) groups excluding carboxylic acids is 2. The first-order valence-corrected chi connectivity index (χ1v) is 14.3. The summed E-state index contributed by atoms with van der Waals surface area (Å²) in [7, 11) is 0. The molecule has 11 nitrogen and oxygen atoms in total. The number of rotatable bonds is 5. The molecule has 0 aliphatic carbocycles. The van der Waals surface area contributed by atoms with Crippen LogP contribution >= 0.6 is 0 Å². The van der Waals surface area contributed by atoms with Crippen LogP contribution < -0.4 is 21.7 Å². The number of hydrogen-bond acceptors (Lipinski definition) is 6. The fourth-order valence-electron chi connectivity index (χ4n) is 5.33. The second kappa shape index (κ2) is 12.4. The molecule has 248 valence electrons. The molecule has 5 aromatic rings. The van der Waals surface area contributed by atoms with Gasteiger partial charge in [0.15, 0.2) is 5.65 Å². The fourth-order valence-corrected chi connectivity index (χ4v) is 5.33. The van der Waals surface area contributed by atoms with Gasteiger partial charge in [-0.1, -0.05) is 24.3 Å². The van der Waals surface area contributed by atoms with Crippen LogP contribution in [0.4, 0.5) is 58.8 Å². The normalized spacial score (nSPS) is 15.0. The molecule has 0 spiro atoms. The molecular formula is C31H25F6N9O2. The minimum atomic E-state index is -4.56. The number of nitrogen functional groups attached to an aromatic ring is 1. The molecule has 1 aliphatic heterocycles. The van der Waals surface area contributed by atoms with Gasteiger partial charge in [0.2, 0.25) is 0 Å². The highest BCUT2D eigenvalue weighted by molar-refractivity contribution is 6.01. The lowest BCUT2D eigenvalue weighted by Crippen LogP contribution is -2.33. The predicted octanol–water partition coefficient (Wildman–Crippen LogP) is 7.24. The smallest absolute Gasteiger partial charge is 0.383 e. The van der Waals surface area contributed by atoms with Crippen molar-refractivity contribution in [3.05, 3.63) is 90.3 Å². The molecule has 0 saturated carbocycles. The van der Waals surface area contributed by atoms with Crippen LogP contribution in [0.25, 0.3) is 22.3 Å². The molecule has 1 atom stereocenters. The topological polar surface area (TPSA) is 143 Å². The zero-order valence-corrected chi connectivity index (χ0v) is 24.6. The average Bonchev–Trinajstić information content (AvgIpc) is 3.67. The molecule has 5 N–H and O–H groups in total. The Morgan fingerprint density at radius 2 is 1.40 bits per heavy atom. The minimum Gasteiger partial charge on any atom is -0.383 e. The summed E-state index contributed by atoms with van der Waals surface area (Å²) in [4.78, 5) is 35.3. The number of benzene rings is 3. The van der Waals surface area contributed by atoms with Crippen molar-refractivity contribution in [1.82, 2.24) is 24.6 Å². The lowest BCUT2D eigenvalue weighted by atomic mass is 10.1. The van der Waals surface area contributed by atoms with Crippen molar-refractivity contribution in [3.63, 3.8) is 0 Å². The first kappa shape index (κ1) is 32.1. The van der Waals surface area contributed by atoms with Crippen LogP contribution in [0.1, 0.15) is 23.6 Å². The zero-order chi connectivity index (χ0) is 34.2. The van der Waals surface area contributed by atoms with E-state index in [0.717, 1.165) is 24.3 Å². The third kappa shape index (κ3) is 6.79. The summed E-state index contributed by atoms with van der Waals surface area (Å²) in [6, 6.07) is 13.4. The van der Waals surface area contributed by atoms with Gasteiger partial charge in [-0.2, -0.15) is 31.4 Å². The third-order valence-corrected chi connectivity index (χ3v) is 7.62. The van der Waals surface area contributed by atoms with Gasteiger partial charge in [0.05, 0.1) is 22.6 Å². The van der Waals surface area contributed by atoms with Gasteiger partial charge in [0.1, 0.15) is 17.8 Å². The maximum atomic E-state index is 13.1. The number of alkyl halides is 6. The molecule has 6 rings (SSSR count). The minimum absolute atomic E-state index is 0.0108. The number of hydrogen-bond donors (Lipinski definition) is 4. The number of aromatic nitrogens is 4. The van der Waals surface area contributed by atoms with Gasteiger partial charge in [-0.05, 0) is 55.0 Å². The summed E-state index contributed by atoms with van der Waals surface area (Å²) < 4.78 is 80.0. The number of nitrogens with two attached hydrogens (primary N) is 1. The molecule has 0 bridgehead atoms. The van der Waals surface area contributed by atoms with E-state index in [2.05, 4.69) is 25.9 Å². The van der Waals surface area contributed by atoms with Crippen molar-refractivity contribution in [1.29, 1.82) is 0 Å². The van der Waals surface area contributed by atoms with Crippen LogP contribution in [-0.4, -0.2) is 49.8 Å². The molecule has 1 saturated heterocycles. The van der Waals surface area contributed by atoms with Crippen molar-refractivity contribution >= 4 is 46.0 Å². The quantitative estimate of drug-likeness (QED) is 0.145. The molecule has 3 aromatic carbocycles. The second-order valence-corrected chi connectivity index (χ2v) is 10.9. The number of urea groups is 2. The number of fused-ring (bicyclic) bond motifs is 1. The maximum absolute atomic E-state index is 13.1. The van der Waals surface area contributed by atoms with Gasteiger partial charge in [-0.25, -0.2) is 24.2 Å². The second-order valence-electron chi connectivity index (χ2n) is 10.9. The van der Waals surface area contributed by atoms with E-state index in [1.54, 1.807) is 28.9 Å². The Hall–Kier alpha value is -5.87. The Kier molecular flexibility index (Phi) is 8.28. The first-order chi connectivity index (χ1) is 22.8. The molecule has 1 unspecified atom stereocenters. The van der Waals surface area contributed by atoms with Gasteiger partial charge < -0.3 is 26.6 Å². The Bertz CT molecular complexity index is 1990. The van der Waals surface area contributed by atoms with Crippen LogP contribution in [0, 0.1) is 0 Å². The fraction of sp³-hybridized carbons (Fsp3) is 0.194. The number of likely N-dealkylation sites (tertiary alicyclic amines) is 1. The lowest BCUT2D eigenvalue weighted by molar-refractivity contribution is -0.138. The van der Waals surface area contributed by atoms with E-state index in [1.807, 2.05) is 0 Å². The van der Waals surface area contributed by atoms with Gasteiger partial charge >= 0.3 is 24.4 Å². The number of nitrogens with zero attached hydrogens (tertiary/aromatic N) is 5. The standard InChI is InChI=1S/C31H25F6N9O2/c32-30(33,34)18-3-1-5-21(13-18)42-28(47)41-20-9-7-17(8-10-20)25-24-26(38)39-16-40-27(24)46(44-25)23-11-12-45(15-23)29(48)43-22-6-2-4-19(14-22)31(35,36)37/h1-10,13-14,16,23H,11-12,15H2,(H,43,48)(H2,38,39,40)(H2,41,42,47). The average molecular weight is 670 g/mol. The molecule has 3 heterocycles.